The Hall–Kier alpha value is -2.52. The lowest BCUT2D eigenvalue weighted by atomic mass is 10.2. The Morgan fingerprint density at radius 3 is 2.65 bits per heavy atom. The van der Waals surface area contributed by atoms with Crippen LogP contribution in [0.25, 0.3) is 0 Å². The number of aryl methyl sites for hydroxylation is 1. The summed E-state index contributed by atoms with van der Waals surface area (Å²) in [6.45, 7) is 1.63. The lowest BCUT2D eigenvalue weighted by Gasteiger charge is -2.12. The highest BCUT2D eigenvalue weighted by Crippen LogP contribution is 2.28. The second-order valence-corrected chi connectivity index (χ2v) is 5.29. The Balaban J connectivity index is 2.18. The van der Waals surface area contributed by atoms with Crippen molar-refractivity contribution in [2.45, 2.75) is 6.92 Å². The third-order valence-corrected chi connectivity index (χ3v) is 3.69. The molecule has 0 saturated carbocycles. The number of anilines is 2. The van der Waals surface area contributed by atoms with Crippen LogP contribution >= 0.6 is 11.5 Å². The number of methoxy groups -OCH3 is 2. The topological polar surface area (TPSA) is 102 Å². The highest BCUT2D eigenvalue weighted by molar-refractivity contribution is 7.08. The predicted octanol–water partition coefficient (Wildman–Crippen LogP) is 1.69. The van der Waals surface area contributed by atoms with Crippen molar-refractivity contribution in [1.29, 1.82) is 0 Å². The van der Waals surface area contributed by atoms with Gasteiger partial charge in [-0.25, -0.2) is 0 Å². The largest absolute Gasteiger partial charge is 0.495 e. The maximum Gasteiger partial charge on any atom is 0.269 e. The second kappa shape index (κ2) is 7.65. The molecule has 1 aromatic heterocycles. The minimum absolute atomic E-state index is 0.0779. The molecule has 0 aliphatic rings. The van der Waals surface area contributed by atoms with Crippen LogP contribution in [-0.4, -0.2) is 42.2 Å². The Kier molecular flexibility index (Phi) is 5.61. The molecule has 0 bridgehead atoms. The lowest BCUT2D eigenvalue weighted by molar-refractivity contribution is -0.119. The summed E-state index contributed by atoms with van der Waals surface area (Å²) < 4.78 is 13.7. The molecule has 0 aliphatic heterocycles. The molecular formula is C14H16N4O4S. The zero-order valence-corrected chi connectivity index (χ0v) is 13.7. The van der Waals surface area contributed by atoms with Crippen LogP contribution in [0.3, 0.4) is 0 Å². The molecular weight excluding hydrogens is 320 g/mol. The van der Waals surface area contributed by atoms with Gasteiger partial charge in [-0.1, -0.05) is 4.49 Å². The summed E-state index contributed by atoms with van der Waals surface area (Å²) in [6, 6.07) is 4.93. The average Bonchev–Trinajstić information content (AvgIpc) is 2.94. The van der Waals surface area contributed by atoms with E-state index in [0.717, 1.165) is 11.5 Å². The average molecular weight is 336 g/mol. The smallest absolute Gasteiger partial charge is 0.269 e. The van der Waals surface area contributed by atoms with Crippen molar-refractivity contribution >= 4 is 34.7 Å². The summed E-state index contributed by atoms with van der Waals surface area (Å²) in [5.74, 6) is -0.156. The highest BCUT2D eigenvalue weighted by atomic mass is 32.1. The molecule has 8 nitrogen and oxygen atoms in total. The van der Waals surface area contributed by atoms with E-state index < -0.39 is 0 Å². The van der Waals surface area contributed by atoms with Crippen LogP contribution in [0.15, 0.2) is 18.2 Å². The van der Waals surface area contributed by atoms with Crippen molar-refractivity contribution in [3.8, 4) is 5.75 Å². The van der Waals surface area contributed by atoms with Gasteiger partial charge in [-0.2, -0.15) is 0 Å². The van der Waals surface area contributed by atoms with Crippen LogP contribution in [0, 0.1) is 6.92 Å². The van der Waals surface area contributed by atoms with Gasteiger partial charge in [-0.15, -0.1) is 5.10 Å². The number of aromatic nitrogens is 2. The van der Waals surface area contributed by atoms with E-state index in [-0.39, 0.29) is 18.4 Å². The number of nitrogens with zero attached hydrogens (tertiary/aromatic N) is 2. The number of ether oxygens (including phenoxy) is 2. The van der Waals surface area contributed by atoms with Crippen LogP contribution < -0.4 is 15.4 Å². The molecule has 9 heteroatoms. The van der Waals surface area contributed by atoms with E-state index in [1.54, 1.807) is 25.1 Å². The molecule has 0 saturated heterocycles. The van der Waals surface area contributed by atoms with Gasteiger partial charge in [0.2, 0.25) is 5.91 Å². The summed E-state index contributed by atoms with van der Waals surface area (Å²) in [5, 5.41) is 9.20. The van der Waals surface area contributed by atoms with Crippen LogP contribution in [0.4, 0.5) is 11.4 Å². The van der Waals surface area contributed by atoms with Gasteiger partial charge in [0.05, 0.1) is 18.5 Å². The molecule has 0 atom stereocenters. The molecule has 2 rings (SSSR count). The SMILES string of the molecule is COCC(=O)Nc1cc(NC(=O)c2snnc2C)ccc1OC. The zero-order valence-electron chi connectivity index (χ0n) is 12.9. The number of carbonyl (C=O) groups is 2. The monoisotopic (exact) mass is 336 g/mol. The number of benzene rings is 1. The van der Waals surface area contributed by atoms with Gasteiger partial charge in [-0.3, -0.25) is 9.59 Å². The van der Waals surface area contributed by atoms with E-state index in [0.29, 0.717) is 27.7 Å². The lowest BCUT2D eigenvalue weighted by Crippen LogP contribution is -2.18. The molecule has 122 valence electrons. The van der Waals surface area contributed by atoms with Gasteiger partial charge in [0, 0.05) is 12.8 Å². The highest BCUT2D eigenvalue weighted by Gasteiger charge is 2.15. The van der Waals surface area contributed by atoms with E-state index in [1.165, 1.54) is 14.2 Å². The normalized spacial score (nSPS) is 10.2. The third-order valence-electron chi connectivity index (χ3n) is 2.86. The summed E-state index contributed by atoms with van der Waals surface area (Å²) in [6.07, 6.45) is 0. The van der Waals surface area contributed by atoms with Crippen molar-refractivity contribution in [2.24, 2.45) is 0 Å². The summed E-state index contributed by atoms with van der Waals surface area (Å²) >= 11 is 1.02. The first-order chi connectivity index (χ1) is 11.0. The minimum Gasteiger partial charge on any atom is -0.495 e. The fraction of sp³-hybridized carbons (Fsp3) is 0.286. The molecule has 0 fully saturated rings. The van der Waals surface area contributed by atoms with Gasteiger partial charge >= 0.3 is 0 Å². The van der Waals surface area contributed by atoms with Crippen LogP contribution in [0.1, 0.15) is 15.4 Å². The van der Waals surface area contributed by atoms with Crippen molar-refractivity contribution in [1.82, 2.24) is 9.59 Å². The Labute approximate surface area is 137 Å². The Morgan fingerprint density at radius 1 is 1.26 bits per heavy atom. The maximum atomic E-state index is 12.2. The third kappa shape index (κ3) is 4.24. The maximum absolute atomic E-state index is 12.2. The van der Waals surface area contributed by atoms with Gasteiger partial charge in [0.25, 0.3) is 5.91 Å². The number of amides is 2. The molecule has 23 heavy (non-hydrogen) atoms. The predicted molar refractivity (Wildman–Crippen MR) is 86.1 cm³/mol. The Morgan fingerprint density at radius 2 is 2.04 bits per heavy atom. The first kappa shape index (κ1) is 16.8. The number of carbonyl (C=O) groups excluding carboxylic acids is 2. The number of rotatable bonds is 6. The molecule has 0 radical (unpaired) electrons. The Bertz CT molecular complexity index is 717. The molecule has 0 unspecified atom stereocenters. The molecule has 2 aromatic rings. The molecule has 2 N–H and O–H groups in total. The van der Waals surface area contributed by atoms with E-state index in [1.807, 2.05) is 0 Å². The van der Waals surface area contributed by atoms with Crippen LogP contribution in [0.2, 0.25) is 0 Å². The molecule has 1 aromatic carbocycles. The van der Waals surface area contributed by atoms with Gasteiger partial charge in [-0.05, 0) is 36.7 Å². The summed E-state index contributed by atoms with van der Waals surface area (Å²) in [5.41, 5.74) is 1.51. The zero-order chi connectivity index (χ0) is 16.8. The van der Waals surface area contributed by atoms with Crippen molar-refractivity contribution in [3.63, 3.8) is 0 Å². The first-order valence-electron chi connectivity index (χ1n) is 6.62. The van der Waals surface area contributed by atoms with E-state index in [9.17, 15) is 9.59 Å². The number of hydrogen-bond donors (Lipinski definition) is 2. The van der Waals surface area contributed by atoms with Gasteiger partial charge in [0.1, 0.15) is 17.2 Å². The molecule has 0 aliphatic carbocycles. The fourth-order valence-electron chi connectivity index (χ4n) is 1.83. The standard InChI is InChI=1S/C14H16N4O4S/c1-8-13(23-18-17-8)14(20)15-9-4-5-11(22-3)10(6-9)16-12(19)7-21-2/h4-6H,7H2,1-3H3,(H,15,20)(H,16,19). The van der Waals surface area contributed by atoms with Crippen molar-refractivity contribution < 1.29 is 19.1 Å². The molecule has 2 amide bonds. The quantitative estimate of drug-likeness (QED) is 0.832. The van der Waals surface area contributed by atoms with Crippen LogP contribution in [-0.2, 0) is 9.53 Å². The van der Waals surface area contributed by atoms with E-state index in [4.69, 9.17) is 9.47 Å². The van der Waals surface area contributed by atoms with Gasteiger partial charge < -0.3 is 20.1 Å². The summed E-state index contributed by atoms with van der Waals surface area (Å²) in [4.78, 5) is 24.3. The van der Waals surface area contributed by atoms with E-state index >= 15 is 0 Å². The van der Waals surface area contributed by atoms with Crippen LogP contribution in [0.5, 0.6) is 5.75 Å². The van der Waals surface area contributed by atoms with Gasteiger partial charge in [0.15, 0.2) is 0 Å². The minimum atomic E-state index is -0.322. The van der Waals surface area contributed by atoms with Crippen molar-refractivity contribution in [3.05, 3.63) is 28.8 Å². The van der Waals surface area contributed by atoms with Crippen molar-refractivity contribution in [2.75, 3.05) is 31.5 Å². The number of nitrogens with one attached hydrogen (secondary N) is 2. The second-order valence-electron chi connectivity index (χ2n) is 4.54. The fourth-order valence-corrected chi connectivity index (χ4v) is 2.38. The molecule has 0 spiro atoms. The molecule has 1 heterocycles. The number of hydrogen-bond acceptors (Lipinski definition) is 7. The first-order valence-corrected chi connectivity index (χ1v) is 7.39. The summed E-state index contributed by atoms with van der Waals surface area (Å²) in [7, 11) is 2.92. The van der Waals surface area contributed by atoms with E-state index in [2.05, 4.69) is 20.2 Å².